The summed E-state index contributed by atoms with van der Waals surface area (Å²) < 4.78 is 4.30. The maximum Gasteiger partial charge on any atom is 0.239 e. The number of aromatic amines is 1. The number of amides is 2. The maximum atomic E-state index is 14.6. The third kappa shape index (κ3) is 6.62. The Bertz CT molecular complexity index is 1620. The fraction of sp³-hybridized carbons (Fsp3) is 0.364. The highest BCUT2D eigenvalue weighted by Crippen LogP contribution is 2.54. The highest BCUT2D eigenvalue weighted by atomic mass is 35.5. The molecule has 0 aliphatic carbocycles. The Kier molecular flexibility index (Phi) is 9.49. The number of nitrogens with zero attached hydrogens (tertiary/aromatic N) is 3. The molecule has 0 bridgehead atoms. The summed E-state index contributed by atoms with van der Waals surface area (Å²) in [5, 5.41) is 13.0. The topological polar surface area (TPSA) is 90.6 Å². The van der Waals surface area contributed by atoms with Gasteiger partial charge in [-0.3, -0.25) is 19.6 Å². The van der Waals surface area contributed by atoms with Crippen LogP contribution in [0.15, 0.2) is 71.6 Å². The van der Waals surface area contributed by atoms with Gasteiger partial charge in [-0.2, -0.15) is 5.10 Å². The van der Waals surface area contributed by atoms with E-state index in [4.69, 9.17) is 27.9 Å². The molecule has 1 aromatic heterocycles. The second kappa shape index (κ2) is 13.5. The van der Waals surface area contributed by atoms with Gasteiger partial charge >= 0.3 is 0 Å². The zero-order valence-corrected chi connectivity index (χ0v) is 26.9. The van der Waals surface area contributed by atoms with Crippen molar-refractivity contribution in [1.29, 1.82) is 0 Å². The summed E-state index contributed by atoms with van der Waals surface area (Å²) >= 11 is 13.9. The lowest BCUT2D eigenvalue weighted by Gasteiger charge is -2.36. The van der Waals surface area contributed by atoms with Crippen molar-refractivity contribution in [1.82, 2.24) is 25.3 Å². The Hall–Kier alpha value is -3.08. The molecule has 2 N–H and O–H groups in total. The monoisotopic (exact) mass is 651 g/mol. The van der Waals surface area contributed by atoms with Gasteiger partial charge in [0.05, 0.1) is 36.9 Å². The molecule has 0 spiro atoms. The van der Waals surface area contributed by atoms with Crippen LogP contribution in [0.3, 0.4) is 0 Å². The van der Waals surface area contributed by atoms with E-state index < -0.39 is 10.8 Å². The number of aromatic nitrogens is 2. The van der Waals surface area contributed by atoms with E-state index in [0.29, 0.717) is 34.3 Å². The van der Waals surface area contributed by atoms with Crippen molar-refractivity contribution in [3.8, 4) is 0 Å². The third-order valence-corrected chi connectivity index (χ3v) is 10.2. The van der Waals surface area contributed by atoms with Gasteiger partial charge < -0.3 is 15.0 Å². The van der Waals surface area contributed by atoms with E-state index in [1.54, 1.807) is 11.0 Å². The van der Waals surface area contributed by atoms with Crippen LogP contribution < -0.4 is 5.32 Å². The molecule has 2 atom stereocenters. The van der Waals surface area contributed by atoms with Crippen molar-refractivity contribution in [2.75, 3.05) is 39.4 Å². The number of morpholine rings is 1. The van der Waals surface area contributed by atoms with Crippen LogP contribution in [0.5, 0.6) is 0 Å². The average molecular weight is 653 g/mol. The predicted molar refractivity (Wildman–Crippen MR) is 175 cm³/mol. The van der Waals surface area contributed by atoms with Crippen LogP contribution in [0, 0.1) is 6.92 Å². The third-order valence-electron chi connectivity index (χ3n) is 8.32. The molecule has 2 amide bonds. The van der Waals surface area contributed by atoms with E-state index in [1.807, 2.05) is 67.6 Å². The maximum absolute atomic E-state index is 14.6. The minimum Gasteiger partial charge on any atom is -0.379 e. The van der Waals surface area contributed by atoms with Crippen LogP contribution in [0.2, 0.25) is 10.0 Å². The standard InChI is InChI=1S/C33H35Cl2N5O3S/c1-22-3-10-26(11-4-22)44-33(32(42)36-13-2-14-39-15-17-43-18-16-39)20-29(41)40(21-23-5-7-24(34)8-6-23)31(33)30-27-12-9-25(35)19-28(27)37-38-30/h3-12,19,31H,2,13-18,20-21H2,1H3,(H,36,42)(H,37,38). The van der Waals surface area contributed by atoms with Crippen LogP contribution in [0.25, 0.3) is 10.9 Å². The fourth-order valence-electron chi connectivity index (χ4n) is 6.03. The lowest BCUT2D eigenvalue weighted by atomic mass is 9.93. The number of aryl methyl sites for hydroxylation is 1. The van der Waals surface area contributed by atoms with Gasteiger partial charge in [0.2, 0.25) is 11.8 Å². The molecule has 2 aliphatic heterocycles. The SMILES string of the molecule is Cc1ccc(SC2(C(=O)NCCCN3CCOCC3)CC(=O)N(Cc3ccc(Cl)cc3)C2c2[nH]nc3cc(Cl)ccc23)cc1. The van der Waals surface area contributed by atoms with E-state index in [-0.39, 0.29) is 18.2 Å². The van der Waals surface area contributed by atoms with Gasteiger partial charge in [0.1, 0.15) is 4.75 Å². The zero-order chi connectivity index (χ0) is 30.7. The van der Waals surface area contributed by atoms with E-state index in [1.165, 1.54) is 11.8 Å². The summed E-state index contributed by atoms with van der Waals surface area (Å²) in [6.07, 6.45) is 0.836. The number of thioether (sulfide) groups is 1. The van der Waals surface area contributed by atoms with Crippen LogP contribution in [0.4, 0.5) is 0 Å². The Morgan fingerprint density at radius 1 is 1.07 bits per heavy atom. The van der Waals surface area contributed by atoms with Gasteiger partial charge in [0.25, 0.3) is 0 Å². The first-order chi connectivity index (χ1) is 21.3. The number of rotatable bonds is 10. The molecule has 0 radical (unpaired) electrons. The van der Waals surface area contributed by atoms with Crippen molar-refractivity contribution < 1.29 is 14.3 Å². The number of fused-ring (bicyclic) bond motifs is 1. The Balaban J connectivity index is 1.39. The van der Waals surface area contributed by atoms with E-state index in [0.717, 1.165) is 60.7 Å². The van der Waals surface area contributed by atoms with Gasteiger partial charge in [-0.25, -0.2) is 0 Å². The molecule has 2 saturated heterocycles. The van der Waals surface area contributed by atoms with Gasteiger partial charge in [0.15, 0.2) is 0 Å². The number of halogens is 2. The first-order valence-electron chi connectivity index (χ1n) is 14.8. The number of likely N-dealkylation sites (tertiary alicyclic amines) is 1. The first-order valence-corrected chi connectivity index (χ1v) is 16.4. The molecule has 2 aliphatic rings. The van der Waals surface area contributed by atoms with Crippen LogP contribution >= 0.6 is 35.0 Å². The Morgan fingerprint density at radius 2 is 1.80 bits per heavy atom. The second-order valence-electron chi connectivity index (χ2n) is 11.4. The summed E-state index contributed by atoms with van der Waals surface area (Å²) in [5.74, 6) is -0.275. The number of ether oxygens (including phenoxy) is 1. The van der Waals surface area contributed by atoms with Crippen molar-refractivity contribution >= 4 is 57.7 Å². The zero-order valence-electron chi connectivity index (χ0n) is 24.5. The van der Waals surface area contributed by atoms with Gasteiger partial charge in [0, 0.05) is 46.5 Å². The van der Waals surface area contributed by atoms with E-state index in [9.17, 15) is 9.59 Å². The molecule has 11 heteroatoms. The first kappa shape index (κ1) is 30.9. The summed E-state index contributed by atoms with van der Waals surface area (Å²) in [5.41, 5.74) is 3.43. The molecule has 2 fully saturated rings. The number of hydrogen-bond acceptors (Lipinski definition) is 6. The second-order valence-corrected chi connectivity index (χ2v) is 13.7. The van der Waals surface area contributed by atoms with Crippen molar-refractivity contribution in [3.05, 3.63) is 93.6 Å². The molecule has 3 aromatic carbocycles. The Morgan fingerprint density at radius 3 is 2.55 bits per heavy atom. The number of H-pyrrole nitrogens is 1. The van der Waals surface area contributed by atoms with Crippen LogP contribution in [-0.2, 0) is 20.9 Å². The number of benzene rings is 3. The number of hydrogen-bond donors (Lipinski definition) is 2. The molecule has 44 heavy (non-hydrogen) atoms. The molecular weight excluding hydrogens is 617 g/mol. The molecule has 2 unspecified atom stereocenters. The number of carbonyl (C=O) groups is 2. The summed E-state index contributed by atoms with van der Waals surface area (Å²) in [7, 11) is 0. The van der Waals surface area contributed by atoms with E-state index in [2.05, 4.69) is 20.4 Å². The molecule has 4 aromatic rings. The minimum atomic E-state index is -1.17. The smallest absolute Gasteiger partial charge is 0.239 e. The molecule has 3 heterocycles. The highest BCUT2D eigenvalue weighted by molar-refractivity contribution is 8.01. The number of nitrogens with one attached hydrogen (secondary N) is 2. The largest absolute Gasteiger partial charge is 0.379 e. The number of carbonyl (C=O) groups excluding carboxylic acids is 2. The molecular formula is C33H35Cl2N5O3S. The lowest BCUT2D eigenvalue weighted by Crippen LogP contribution is -2.49. The van der Waals surface area contributed by atoms with Crippen molar-refractivity contribution in [3.63, 3.8) is 0 Å². The molecule has 8 nitrogen and oxygen atoms in total. The normalized spacial score (nSPS) is 20.8. The highest BCUT2D eigenvalue weighted by Gasteiger charge is 2.59. The summed E-state index contributed by atoms with van der Waals surface area (Å²) in [4.78, 5) is 33.7. The summed E-state index contributed by atoms with van der Waals surface area (Å²) in [6.45, 7) is 6.99. The Labute approximate surface area is 271 Å². The lowest BCUT2D eigenvalue weighted by molar-refractivity contribution is -0.129. The quantitative estimate of drug-likeness (QED) is 0.204. The molecule has 230 valence electrons. The average Bonchev–Trinajstić information content (AvgIpc) is 3.55. The van der Waals surface area contributed by atoms with E-state index >= 15 is 0 Å². The molecule has 6 rings (SSSR count). The van der Waals surface area contributed by atoms with Crippen LogP contribution in [-0.4, -0.2) is 76.0 Å². The van der Waals surface area contributed by atoms with Gasteiger partial charge in [-0.05, 0) is 67.9 Å². The fourth-order valence-corrected chi connectivity index (χ4v) is 7.73. The van der Waals surface area contributed by atoms with Crippen LogP contribution in [0.1, 0.15) is 35.7 Å². The van der Waals surface area contributed by atoms with Crippen molar-refractivity contribution in [2.24, 2.45) is 0 Å². The summed E-state index contributed by atoms with van der Waals surface area (Å²) in [6, 6.07) is 20.4. The van der Waals surface area contributed by atoms with Crippen molar-refractivity contribution in [2.45, 2.75) is 42.0 Å². The minimum absolute atomic E-state index is 0.0349. The van der Waals surface area contributed by atoms with Gasteiger partial charge in [-0.1, -0.05) is 53.0 Å². The predicted octanol–water partition coefficient (Wildman–Crippen LogP) is 6.02. The van der Waals surface area contributed by atoms with Gasteiger partial charge in [-0.15, -0.1) is 11.8 Å². The molecule has 0 saturated carbocycles.